The van der Waals surface area contributed by atoms with Crippen LogP contribution in [-0.2, 0) is 14.8 Å². The Morgan fingerprint density at radius 1 is 0.800 bits per heavy atom. The van der Waals surface area contributed by atoms with Crippen LogP contribution in [-0.4, -0.2) is 32.7 Å². The van der Waals surface area contributed by atoms with Gasteiger partial charge in [-0.15, -0.1) is 0 Å². The zero-order valence-electron chi connectivity index (χ0n) is 19.6. The molecule has 1 saturated heterocycles. The minimum absolute atomic E-state index is 0.0531. The van der Waals surface area contributed by atoms with E-state index < -0.39 is 10.0 Å². The first-order chi connectivity index (χ1) is 14.5. The van der Waals surface area contributed by atoms with Gasteiger partial charge in [0.05, 0.1) is 5.75 Å². The Kier molecular flexibility index (Phi) is 16.4. The molecule has 0 unspecified atom stereocenters. The molecule has 1 rings (SSSR count). The maximum Gasteiger partial charge on any atom is 0.221 e. The van der Waals surface area contributed by atoms with Gasteiger partial charge >= 0.3 is 0 Å². The lowest BCUT2D eigenvalue weighted by Crippen LogP contribution is -2.38. The highest BCUT2D eigenvalue weighted by atomic mass is 32.2. The molecule has 178 valence electrons. The van der Waals surface area contributed by atoms with Crippen molar-refractivity contribution < 1.29 is 13.2 Å². The molecule has 1 aliphatic heterocycles. The summed E-state index contributed by atoms with van der Waals surface area (Å²) in [6.45, 7) is 2.92. The topological polar surface area (TPSA) is 75.3 Å². The number of nitrogens with one attached hydrogen (secondary N) is 2. The van der Waals surface area contributed by atoms with Crippen LogP contribution >= 0.6 is 0 Å². The molecule has 1 atom stereocenters. The van der Waals surface area contributed by atoms with Gasteiger partial charge in [0.2, 0.25) is 15.9 Å². The Bertz CT molecular complexity index is 523. The summed E-state index contributed by atoms with van der Waals surface area (Å²) in [5.41, 5.74) is 0. The predicted molar refractivity (Wildman–Crippen MR) is 127 cm³/mol. The maximum atomic E-state index is 12.2. The van der Waals surface area contributed by atoms with Gasteiger partial charge in [0.1, 0.15) is 0 Å². The average molecular weight is 445 g/mol. The van der Waals surface area contributed by atoms with Crippen molar-refractivity contribution in [3.8, 4) is 0 Å². The van der Waals surface area contributed by atoms with Crippen LogP contribution in [0.4, 0.5) is 0 Å². The smallest absolute Gasteiger partial charge is 0.221 e. The zero-order valence-corrected chi connectivity index (χ0v) is 20.4. The second kappa shape index (κ2) is 18.0. The van der Waals surface area contributed by atoms with E-state index in [1.54, 1.807) is 0 Å². The first-order valence-electron chi connectivity index (χ1n) is 12.8. The van der Waals surface area contributed by atoms with Crippen molar-refractivity contribution in [1.29, 1.82) is 0 Å². The molecular weight excluding hydrogens is 396 g/mol. The van der Waals surface area contributed by atoms with E-state index in [2.05, 4.69) is 17.0 Å². The highest BCUT2D eigenvalue weighted by molar-refractivity contribution is 7.89. The third-order valence-electron chi connectivity index (χ3n) is 6.10. The number of amides is 1. The van der Waals surface area contributed by atoms with Crippen LogP contribution in [0.15, 0.2) is 0 Å². The lowest BCUT2D eigenvalue weighted by Gasteiger charge is -2.15. The van der Waals surface area contributed by atoms with Crippen LogP contribution in [0.5, 0.6) is 0 Å². The molecule has 0 aromatic heterocycles. The van der Waals surface area contributed by atoms with E-state index >= 15 is 0 Å². The third kappa shape index (κ3) is 16.1. The number of hydrogen-bond acceptors (Lipinski definition) is 3. The monoisotopic (exact) mass is 444 g/mol. The summed E-state index contributed by atoms with van der Waals surface area (Å²) in [7, 11) is -3.27. The van der Waals surface area contributed by atoms with Crippen LogP contribution in [0.25, 0.3) is 0 Å². The van der Waals surface area contributed by atoms with Gasteiger partial charge in [-0.3, -0.25) is 4.79 Å². The van der Waals surface area contributed by atoms with Crippen LogP contribution in [0, 0.1) is 0 Å². The summed E-state index contributed by atoms with van der Waals surface area (Å²) < 4.78 is 27.2. The second-order valence-corrected chi connectivity index (χ2v) is 11.0. The van der Waals surface area contributed by atoms with Crippen molar-refractivity contribution in [2.45, 2.75) is 135 Å². The van der Waals surface area contributed by atoms with Crippen LogP contribution < -0.4 is 10.0 Å². The van der Waals surface area contributed by atoms with Crippen molar-refractivity contribution in [1.82, 2.24) is 10.0 Å². The Labute approximate surface area is 186 Å². The molecule has 1 fully saturated rings. The van der Waals surface area contributed by atoms with Gasteiger partial charge in [-0.1, -0.05) is 103 Å². The SMILES string of the molecule is CCCCCCCCCCCCCCCCCCS(=O)(=O)N[C@H]1CCCNC(=O)C1. The number of unbranched alkanes of at least 4 members (excludes halogenated alkanes) is 15. The van der Waals surface area contributed by atoms with Crippen LogP contribution in [0.1, 0.15) is 129 Å². The number of carbonyl (C=O) groups excluding carboxylic acids is 1. The van der Waals surface area contributed by atoms with Crippen molar-refractivity contribution in [3.05, 3.63) is 0 Å². The molecule has 1 heterocycles. The van der Waals surface area contributed by atoms with Crippen molar-refractivity contribution >= 4 is 15.9 Å². The third-order valence-corrected chi connectivity index (χ3v) is 7.61. The van der Waals surface area contributed by atoms with Crippen molar-refractivity contribution in [3.63, 3.8) is 0 Å². The minimum Gasteiger partial charge on any atom is -0.356 e. The fourth-order valence-electron chi connectivity index (χ4n) is 4.23. The van der Waals surface area contributed by atoms with Gasteiger partial charge < -0.3 is 5.32 Å². The van der Waals surface area contributed by atoms with E-state index in [1.807, 2.05) is 0 Å². The second-order valence-electron chi connectivity index (χ2n) is 9.13. The Balaban J connectivity index is 1.88. The van der Waals surface area contributed by atoms with E-state index in [9.17, 15) is 13.2 Å². The van der Waals surface area contributed by atoms with Gasteiger partial charge in [-0.25, -0.2) is 13.1 Å². The fourth-order valence-corrected chi connectivity index (χ4v) is 5.64. The van der Waals surface area contributed by atoms with Gasteiger partial charge in [-0.05, 0) is 19.3 Å². The Morgan fingerprint density at radius 2 is 1.27 bits per heavy atom. The molecule has 0 bridgehead atoms. The number of carbonyl (C=O) groups is 1. The molecule has 5 nitrogen and oxygen atoms in total. The van der Waals surface area contributed by atoms with Gasteiger partial charge in [0, 0.05) is 19.0 Å². The maximum absolute atomic E-state index is 12.2. The largest absolute Gasteiger partial charge is 0.356 e. The normalized spacial score (nSPS) is 17.6. The summed E-state index contributed by atoms with van der Waals surface area (Å²) in [5, 5.41) is 2.79. The fraction of sp³-hybridized carbons (Fsp3) is 0.958. The Hall–Kier alpha value is -0.620. The summed E-state index contributed by atoms with van der Waals surface area (Å²) in [6, 6.07) is -0.237. The summed E-state index contributed by atoms with van der Waals surface area (Å²) >= 11 is 0. The van der Waals surface area contributed by atoms with E-state index in [1.165, 1.54) is 83.5 Å². The lowest BCUT2D eigenvalue weighted by molar-refractivity contribution is -0.121. The standard InChI is InChI=1S/C24H48N2O3S/c1-2-3-4-5-6-7-8-9-10-11-12-13-14-15-16-17-21-30(28,29)26-23-19-18-20-25-24(27)22-23/h23,26H,2-22H2,1H3,(H,25,27)/t23-/m0/s1. The quantitative estimate of drug-likeness (QED) is 0.246. The van der Waals surface area contributed by atoms with Crippen LogP contribution in [0.2, 0.25) is 0 Å². The highest BCUT2D eigenvalue weighted by Crippen LogP contribution is 2.14. The van der Waals surface area contributed by atoms with E-state index in [0.717, 1.165) is 25.7 Å². The molecule has 1 amide bonds. The van der Waals surface area contributed by atoms with Crippen molar-refractivity contribution in [2.24, 2.45) is 0 Å². The summed E-state index contributed by atoms with van der Waals surface area (Å²) in [6.07, 6.45) is 22.4. The highest BCUT2D eigenvalue weighted by Gasteiger charge is 2.22. The summed E-state index contributed by atoms with van der Waals surface area (Å²) in [5.74, 6) is 0.131. The van der Waals surface area contributed by atoms with E-state index in [-0.39, 0.29) is 24.1 Å². The van der Waals surface area contributed by atoms with Gasteiger partial charge in [0.15, 0.2) is 0 Å². The molecule has 1 aliphatic rings. The summed E-state index contributed by atoms with van der Waals surface area (Å²) in [4.78, 5) is 11.6. The number of sulfonamides is 1. The number of hydrogen-bond donors (Lipinski definition) is 2. The van der Waals surface area contributed by atoms with Crippen molar-refractivity contribution in [2.75, 3.05) is 12.3 Å². The van der Waals surface area contributed by atoms with Gasteiger partial charge in [-0.2, -0.15) is 0 Å². The molecule has 0 aliphatic carbocycles. The Morgan fingerprint density at radius 3 is 1.77 bits per heavy atom. The predicted octanol–water partition coefficient (Wildman–Crippen LogP) is 5.84. The molecule has 0 radical (unpaired) electrons. The minimum atomic E-state index is -3.27. The molecule has 6 heteroatoms. The molecule has 2 N–H and O–H groups in total. The first-order valence-corrected chi connectivity index (χ1v) is 14.5. The first kappa shape index (κ1) is 27.4. The van der Waals surface area contributed by atoms with Crippen LogP contribution in [0.3, 0.4) is 0 Å². The zero-order chi connectivity index (χ0) is 21.9. The molecule has 30 heavy (non-hydrogen) atoms. The van der Waals surface area contributed by atoms with E-state index in [4.69, 9.17) is 0 Å². The molecule has 0 aromatic rings. The van der Waals surface area contributed by atoms with E-state index in [0.29, 0.717) is 13.0 Å². The molecule has 0 aromatic carbocycles. The van der Waals surface area contributed by atoms with Gasteiger partial charge in [0.25, 0.3) is 0 Å². The molecule has 0 spiro atoms. The molecular formula is C24H48N2O3S. The number of rotatable bonds is 19. The molecule has 0 saturated carbocycles. The lowest BCUT2D eigenvalue weighted by atomic mass is 10.0. The average Bonchev–Trinajstić information content (AvgIpc) is 2.90.